The molecule has 1 fully saturated rings. The number of nitro groups is 1. The van der Waals surface area contributed by atoms with Crippen molar-refractivity contribution in [1.29, 1.82) is 0 Å². The quantitative estimate of drug-likeness (QED) is 0.361. The number of nitro benzene ring substituents is 1. The number of nitrogens with zero attached hydrogens (tertiary/aromatic N) is 1. The van der Waals surface area contributed by atoms with E-state index in [1.165, 1.54) is 12.1 Å². The zero-order chi connectivity index (χ0) is 19.1. The van der Waals surface area contributed by atoms with Crippen LogP contribution < -0.4 is 5.46 Å². The fourth-order valence-corrected chi connectivity index (χ4v) is 2.97. The van der Waals surface area contributed by atoms with Gasteiger partial charge in [0.15, 0.2) is 17.5 Å². The molecule has 0 aromatic heterocycles. The van der Waals surface area contributed by atoms with Crippen LogP contribution in [-0.2, 0) is 9.31 Å². The van der Waals surface area contributed by atoms with Crippen LogP contribution in [0.3, 0.4) is 0 Å². The highest BCUT2D eigenvalue weighted by Gasteiger charge is 2.44. The van der Waals surface area contributed by atoms with Crippen molar-refractivity contribution in [2.75, 3.05) is 6.61 Å². The summed E-state index contributed by atoms with van der Waals surface area (Å²) in [5, 5.41) is 11.3. The van der Waals surface area contributed by atoms with E-state index in [2.05, 4.69) is 0 Å². The molecule has 136 valence electrons. The van der Waals surface area contributed by atoms with Gasteiger partial charge in [0, 0.05) is 18.1 Å². The highest BCUT2D eigenvalue weighted by molar-refractivity contribution is 6.61. The SMILES string of the molecule is CC1(C)COB(c2cc(F)c(F)c(F)c2)OC1c1ccccc1[N+](=O)[O-]. The van der Waals surface area contributed by atoms with Gasteiger partial charge in [-0.1, -0.05) is 26.0 Å². The molecule has 26 heavy (non-hydrogen) atoms. The van der Waals surface area contributed by atoms with Crippen molar-refractivity contribution in [3.63, 3.8) is 0 Å². The molecule has 2 aromatic rings. The van der Waals surface area contributed by atoms with Crippen molar-refractivity contribution in [3.05, 3.63) is 69.5 Å². The zero-order valence-corrected chi connectivity index (χ0v) is 14.0. The topological polar surface area (TPSA) is 61.6 Å². The van der Waals surface area contributed by atoms with Crippen LogP contribution in [0, 0.1) is 33.0 Å². The van der Waals surface area contributed by atoms with Crippen LogP contribution in [0.15, 0.2) is 36.4 Å². The highest BCUT2D eigenvalue weighted by atomic mass is 19.2. The molecule has 0 amide bonds. The molecule has 0 saturated carbocycles. The van der Waals surface area contributed by atoms with Crippen LogP contribution in [0.5, 0.6) is 0 Å². The molecule has 1 aliphatic heterocycles. The fourth-order valence-electron chi connectivity index (χ4n) is 2.97. The summed E-state index contributed by atoms with van der Waals surface area (Å²) in [5.74, 6) is -4.31. The second-order valence-corrected chi connectivity index (χ2v) is 6.76. The summed E-state index contributed by atoms with van der Waals surface area (Å²) in [4.78, 5) is 10.8. The van der Waals surface area contributed by atoms with Gasteiger partial charge >= 0.3 is 7.12 Å². The molecule has 0 aliphatic carbocycles. The second-order valence-electron chi connectivity index (χ2n) is 6.76. The maximum absolute atomic E-state index is 13.5. The lowest BCUT2D eigenvalue weighted by molar-refractivity contribution is -0.386. The maximum Gasteiger partial charge on any atom is 0.494 e. The van der Waals surface area contributed by atoms with E-state index in [-0.39, 0.29) is 17.8 Å². The molecule has 1 atom stereocenters. The van der Waals surface area contributed by atoms with Crippen LogP contribution in [0.25, 0.3) is 0 Å². The highest BCUT2D eigenvalue weighted by Crippen LogP contribution is 2.43. The lowest BCUT2D eigenvalue weighted by Crippen LogP contribution is -2.49. The Bertz CT molecular complexity index is 839. The number of hydrogen-bond acceptors (Lipinski definition) is 4. The van der Waals surface area contributed by atoms with E-state index in [1.807, 2.05) is 0 Å². The van der Waals surface area contributed by atoms with Gasteiger partial charge in [-0.3, -0.25) is 10.1 Å². The molecule has 5 nitrogen and oxygen atoms in total. The van der Waals surface area contributed by atoms with Crippen molar-refractivity contribution in [2.24, 2.45) is 5.41 Å². The second kappa shape index (κ2) is 6.73. The van der Waals surface area contributed by atoms with E-state index in [9.17, 15) is 23.3 Å². The van der Waals surface area contributed by atoms with Gasteiger partial charge in [0.1, 0.15) is 0 Å². The Morgan fingerprint density at radius 2 is 1.81 bits per heavy atom. The number of rotatable bonds is 3. The summed E-state index contributed by atoms with van der Waals surface area (Å²) in [6.45, 7) is 3.72. The average molecular weight is 365 g/mol. The minimum atomic E-state index is -1.58. The van der Waals surface area contributed by atoms with E-state index in [1.54, 1.807) is 26.0 Å². The summed E-state index contributed by atoms with van der Waals surface area (Å²) in [6.07, 6.45) is -0.765. The summed E-state index contributed by atoms with van der Waals surface area (Å²) < 4.78 is 51.6. The first-order valence-electron chi connectivity index (χ1n) is 7.85. The summed E-state index contributed by atoms with van der Waals surface area (Å²) in [7, 11) is -1.18. The largest absolute Gasteiger partial charge is 0.494 e. The lowest BCUT2D eigenvalue weighted by atomic mass is 9.72. The van der Waals surface area contributed by atoms with E-state index in [0.717, 1.165) is 12.1 Å². The third-order valence-corrected chi connectivity index (χ3v) is 4.27. The van der Waals surface area contributed by atoms with Crippen molar-refractivity contribution in [3.8, 4) is 0 Å². The fraction of sp³-hybridized carbons (Fsp3) is 0.294. The van der Waals surface area contributed by atoms with Gasteiger partial charge in [-0.05, 0) is 23.7 Å². The third-order valence-electron chi connectivity index (χ3n) is 4.27. The predicted octanol–water partition coefficient (Wildman–Crippen LogP) is 3.52. The number of hydrogen-bond donors (Lipinski definition) is 0. The number of benzene rings is 2. The molecule has 1 aliphatic rings. The van der Waals surface area contributed by atoms with Gasteiger partial charge in [0.05, 0.1) is 16.6 Å². The minimum absolute atomic E-state index is 0.0412. The van der Waals surface area contributed by atoms with Crippen molar-refractivity contribution in [1.82, 2.24) is 0 Å². The minimum Gasteiger partial charge on any atom is -0.407 e. The summed E-state index contributed by atoms with van der Waals surface area (Å²) in [6, 6.07) is 7.69. The Morgan fingerprint density at radius 1 is 1.19 bits per heavy atom. The van der Waals surface area contributed by atoms with Gasteiger partial charge in [0.2, 0.25) is 0 Å². The molecule has 1 heterocycles. The molecule has 0 bridgehead atoms. The van der Waals surface area contributed by atoms with Gasteiger partial charge in [0.25, 0.3) is 5.69 Å². The first-order valence-corrected chi connectivity index (χ1v) is 7.85. The van der Waals surface area contributed by atoms with Gasteiger partial charge < -0.3 is 9.31 Å². The van der Waals surface area contributed by atoms with Gasteiger partial charge in [-0.15, -0.1) is 0 Å². The Balaban J connectivity index is 2.00. The average Bonchev–Trinajstić information content (AvgIpc) is 2.59. The lowest BCUT2D eigenvalue weighted by Gasteiger charge is -2.41. The van der Waals surface area contributed by atoms with Crippen LogP contribution in [0.4, 0.5) is 18.9 Å². The molecule has 0 radical (unpaired) electrons. The maximum atomic E-state index is 13.5. The molecular formula is C17H15BF3NO4. The van der Waals surface area contributed by atoms with E-state index in [0.29, 0.717) is 5.56 Å². The first-order chi connectivity index (χ1) is 12.2. The van der Waals surface area contributed by atoms with Gasteiger partial charge in [-0.2, -0.15) is 0 Å². The van der Waals surface area contributed by atoms with Crippen molar-refractivity contribution < 1.29 is 27.4 Å². The van der Waals surface area contributed by atoms with Crippen LogP contribution in [0.1, 0.15) is 25.5 Å². The molecule has 1 saturated heterocycles. The van der Waals surface area contributed by atoms with E-state index in [4.69, 9.17) is 9.31 Å². The standard InChI is InChI=1S/C17H15BF3NO4/c1-17(2)9-25-18(10-7-12(19)15(21)13(20)8-10)26-16(17)11-5-3-4-6-14(11)22(23)24/h3-8,16H,9H2,1-2H3. The van der Waals surface area contributed by atoms with Crippen LogP contribution in [0.2, 0.25) is 0 Å². The third kappa shape index (κ3) is 3.32. The van der Waals surface area contributed by atoms with Crippen molar-refractivity contribution >= 4 is 18.3 Å². The Hall–Kier alpha value is -2.39. The molecule has 0 spiro atoms. The number of halogens is 3. The Kier molecular flexibility index (Phi) is 4.77. The smallest absolute Gasteiger partial charge is 0.407 e. The normalized spacial score (nSPS) is 19.4. The van der Waals surface area contributed by atoms with Crippen LogP contribution >= 0.6 is 0 Å². The first kappa shape index (κ1) is 18.4. The molecule has 3 rings (SSSR count). The van der Waals surface area contributed by atoms with E-state index >= 15 is 0 Å². The van der Waals surface area contributed by atoms with Crippen LogP contribution in [-0.4, -0.2) is 18.6 Å². The Labute approximate surface area is 148 Å². The molecule has 0 N–H and O–H groups in total. The molecule has 9 heteroatoms. The summed E-state index contributed by atoms with van der Waals surface area (Å²) >= 11 is 0. The molecular weight excluding hydrogens is 350 g/mol. The monoisotopic (exact) mass is 365 g/mol. The molecule has 1 unspecified atom stereocenters. The van der Waals surface area contributed by atoms with E-state index < -0.39 is 41.0 Å². The number of para-hydroxylation sites is 1. The Morgan fingerprint density at radius 3 is 2.42 bits per heavy atom. The zero-order valence-electron chi connectivity index (χ0n) is 14.0. The predicted molar refractivity (Wildman–Crippen MR) is 88.4 cm³/mol. The van der Waals surface area contributed by atoms with Gasteiger partial charge in [-0.25, -0.2) is 13.2 Å². The summed E-state index contributed by atoms with van der Waals surface area (Å²) in [5.41, 5.74) is -0.471. The van der Waals surface area contributed by atoms with Crippen molar-refractivity contribution in [2.45, 2.75) is 20.0 Å². The molecule has 2 aromatic carbocycles.